The first-order chi connectivity index (χ1) is 12.4. The number of ether oxygens (including phenoxy) is 1. The van der Waals surface area contributed by atoms with Crippen molar-refractivity contribution in [1.29, 1.82) is 0 Å². The molecule has 1 aliphatic rings. The number of aliphatic hydroxyl groups is 3. The Kier molecular flexibility index (Phi) is 5.59. The van der Waals surface area contributed by atoms with E-state index in [1.165, 1.54) is 12.3 Å². The van der Waals surface area contributed by atoms with Gasteiger partial charge in [0.05, 0.1) is 6.61 Å². The van der Waals surface area contributed by atoms with Crippen LogP contribution in [0.15, 0.2) is 46.1 Å². The molecule has 2 heterocycles. The lowest BCUT2D eigenvalue weighted by molar-refractivity contribution is -0.0556. The zero-order valence-corrected chi connectivity index (χ0v) is 14.5. The van der Waals surface area contributed by atoms with Crippen LogP contribution in [-0.2, 0) is 17.7 Å². The van der Waals surface area contributed by atoms with Gasteiger partial charge in [-0.15, -0.1) is 0 Å². The number of rotatable bonds is 5. The molecule has 1 aliphatic heterocycles. The standard InChI is InChI=1S/C17H19ClN2O6/c18-11-3-1-10(2-4-11)5-7-19-13(22)6-8-20(17(19)25)16-15(24)14(23)12(9-21)26-16/h1-4,6,8,12,14-16,21,23-24H,5,7,9H2/t12-,14-,15-,16-/m1/s1. The monoisotopic (exact) mass is 382 g/mol. The molecule has 26 heavy (non-hydrogen) atoms. The number of aliphatic hydroxyl groups excluding tert-OH is 3. The SMILES string of the molecule is O=c1ccn([C@@H]2O[C@H](CO)[C@@H](O)[C@H]2O)c(=O)n1CCc1ccc(Cl)cc1. The highest BCUT2D eigenvalue weighted by atomic mass is 35.5. The van der Waals surface area contributed by atoms with Gasteiger partial charge in [0.25, 0.3) is 5.56 Å². The lowest BCUT2D eigenvalue weighted by Gasteiger charge is -2.18. The van der Waals surface area contributed by atoms with E-state index in [0.717, 1.165) is 14.7 Å². The first kappa shape index (κ1) is 18.8. The van der Waals surface area contributed by atoms with E-state index >= 15 is 0 Å². The van der Waals surface area contributed by atoms with Crippen LogP contribution < -0.4 is 11.2 Å². The Hall–Kier alpha value is -1.97. The molecule has 3 rings (SSSR count). The molecule has 1 aromatic heterocycles. The van der Waals surface area contributed by atoms with E-state index in [1.54, 1.807) is 24.3 Å². The molecule has 4 atom stereocenters. The van der Waals surface area contributed by atoms with Crippen LogP contribution in [0.3, 0.4) is 0 Å². The van der Waals surface area contributed by atoms with Crippen molar-refractivity contribution in [2.24, 2.45) is 0 Å². The molecule has 1 saturated heterocycles. The normalized spacial score (nSPS) is 25.5. The number of aromatic nitrogens is 2. The van der Waals surface area contributed by atoms with Crippen LogP contribution in [0, 0.1) is 0 Å². The van der Waals surface area contributed by atoms with Gasteiger partial charge in [-0.3, -0.25) is 13.9 Å². The third kappa shape index (κ3) is 3.60. The summed E-state index contributed by atoms with van der Waals surface area (Å²) in [4.78, 5) is 24.8. The lowest BCUT2D eigenvalue weighted by Crippen LogP contribution is -2.43. The Labute approximate surface area is 153 Å². The molecule has 3 N–H and O–H groups in total. The first-order valence-corrected chi connectivity index (χ1v) is 8.49. The van der Waals surface area contributed by atoms with E-state index in [2.05, 4.69) is 0 Å². The van der Waals surface area contributed by atoms with E-state index in [4.69, 9.17) is 21.4 Å². The fourth-order valence-electron chi connectivity index (χ4n) is 2.93. The van der Waals surface area contributed by atoms with E-state index in [0.29, 0.717) is 11.4 Å². The van der Waals surface area contributed by atoms with Gasteiger partial charge in [0.1, 0.15) is 18.3 Å². The number of hydrogen-bond acceptors (Lipinski definition) is 6. The van der Waals surface area contributed by atoms with Crippen LogP contribution in [0.4, 0.5) is 0 Å². The molecule has 0 aliphatic carbocycles. The second-order valence-corrected chi connectivity index (χ2v) is 6.54. The Morgan fingerprint density at radius 1 is 1.08 bits per heavy atom. The van der Waals surface area contributed by atoms with Crippen molar-refractivity contribution < 1.29 is 20.1 Å². The van der Waals surface area contributed by atoms with Crippen molar-refractivity contribution >= 4 is 11.6 Å². The Bertz CT molecular complexity index is 878. The summed E-state index contributed by atoms with van der Waals surface area (Å²) in [5.41, 5.74) is -0.239. The van der Waals surface area contributed by atoms with Crippen molar-refractivity contribution in [3.05, 3.63) is 68.0 Å². The maximum absolute atomic E-state index is 12.7. The summed E-state index contributed by atoms with van der Waals surface area (Å²) in [7, 11) is 0. The fourth-order valence-corrected chi connectivity index (χ4v) is 3.06. The minimum absolute atomic E-state index is 0.134. The van der Waals surface area contributed by atoms with Gasteiger partial charge in [0.2, 0.25) is 0 Å². The molecule has 0 saturated carbocycles. The second-order valence-electron chi connectivity index (χ2n) is 6.10. The minimum atomic E-state index is -1.40. The van der Waals surface area contributed by atoms with Crippen LogP contribution >= 0.6 is 11.6 Å². The van der Waals surface area contributed by atoms with Crippen molar-refractivity contribution in [3.8, 4) is 0 Å². The topological polar surface area (TPSA) is 114 Å². The van der Waals surface area contributed by atoms with E-state index in [1.807, 2.05) is 0 Å². The molecule has 0 unspecified atom stereocenters. The van der Waals surface area contributed by atoms with Gasteiger partial charge < -0.3 is 20.1 Å². The van der Waals surface area contributed by atoms with Crippen LogP contribution in [0.1, 0.15) is 11.8 Å². The van der Waals surface area contributed by atoms with E-state index in [9.17, 15) is 19.8 Å². The Morgan fingerprint density at radius 2 is 1.77 bits per heavy atom. The fraction of sp³-hybridized carbons (Fsp3) is 0.412. The van der Waals surface area contributed by atoms with E-state index in [-0.39, 0.29) is 6.54 Å². The quantitative estimate of drug-likeness (QED) is 0.643. The smallest absolute Gasteiger partial charge is 0.333 e. The summed E-state index contributed by atoms with van der Waals surface area (Å²) in [6.45, 7) is -0.366. The van der Waals surface area contributed by atoms with Crippen LogP contribution in [0.5, 0.6) is 0 Å². The highest BCUT2D eigenvalue weighted by molar-refractivity contribution is 6.30. The Morgan fingerprint density at radius 3 is 2.38 bits per heavy atom. The molecule has 0 spiro atoms. The van der Waals surface area contributed by atoms with Gasteiger partial charge in [-0.1, -0.05) is 23.7 Å². The summed E-state index contributed by atoms with van der Waals surface area (Å²) >= 11 is 5.84. The predicted octanol–water partition coefficient (Wildman–Crippen LogP) is -0.482. The molecular formula is C17H19ClN2O6. The highest BCUT2D eigenvalue weighted by Crippen LogP contribution is 2.27. The molecular weight excluding hydrogens is 364 g/mol. The number of nitrogens with zero attached hydrogens (tertiary/aromatic N) is 2. The van der Waals surface area contributed by atoms with Gasteiger partial charge >= 0.3 is 5.69 Å². The summed E-state index contributed by atoms with van der Waals surface area (Å²) in [5.74, 6) is 0. The van der Waals surface area contributed by atoms with Gasteiger partial charge in [-0.05, 0) is 24.1 Å². The van der Waals surface area contributed by atoms with Crippen LogP contribution in [-0.4, -0.2) is 49.4 Å². The number of hydrogen-bond donors (Lipinski definition) is 3. The maximum atomic E-state index is 12.7. The minimum Gasteiger partial charge on any atom is -0.394 e. The molecule has 0 amide bonds. The van der Waals surface area contributed by atoms with Crippen molar-refractivity contribution in [2.75, 3.05) is 6.61 Å². The molecule has 9 heteroatoms. The average Bonchev–Trinajstić information content (AvgIpc) is 2.91. The zero-order valence-electron chi connectivity index (χ0n) is 13.7. The summed E-state index contributed by atoms with van der Waals surface area (Å²) in [5, 5.41) is 29.7. The third-order valence-electron chi connectivity index (χ3n) is 4.42. The molecule has 8 nitrogen and oxygen atoms in total. The number of halogens is 1. The number of benzene rings is 1. The third-order valence-corrected chi connectivity index (χ3v) is 4.68. The lowest BCUT2D eigenvalue weighted by atomic mass is 10.1. The van der Waals surface area contributed by atoms with Crippen LogP contribution in [0.2, 0.25) is 5.02 Å². The average molecular weight is 383 g/mol. The van der Waals surface area contributed by atoms with E-state index < -0.39 is 42.4 Å². The van der Waals surface area contributed by atoms with Crippen LogP contribution in [0.25, 0.3) is 0 Å². The summed E-state index contributed by atoms with van der Waals surface area (Å²) < 4.78 is 7.44. The zero-order chi connectivity index (χ0) is 18.8. The van der Waals surface area contributed by atoms with Crippen molar-refractivity contribution in [2.45, 2.75) is 37.5 Å². The Balaban J connectivity index is 1.86. The molecule has 0 radical (unpaired) electrons. The van der Waals surface area contributed by atoms with Crippen molar-refractivity contribution in [1.82, 2.24) is 9.13 Å². The van der Waals surface area contributed by atoms with Gasteiger partial charge in [-0.25, -0.2) is 4.79 Å². The van der Waals surface area contributed by atoms with Gasteiger partial charge in [0, 0.05) is 23.8 Å². The van der Waals surface area contributed by atoms with Gasteiger partial charge in [-0.2, -0.15) is 0 Å². The summed E-state index contributed by atoms with van der Waals surface area (Å²) in [6, 6.07) is 8.25. The molecule has 2 aromatic rings. The van der Waals surface area contributed by atoms with Crippen molar-refractivity contribution in [3.63, 3.8) is 0 Å². The summed E-state index contributed by atoms with van der Waals surface area (Å²) in [6.07, 6.45) is -3.26. The van der Waals surface area contributed by atoms with Gasteiger partial charge in [0.15, 0.2) is 6.23 Å². The number of aryl methyl sites for hydroxylation is 1. The predicted molar refractivity (Wildman–Crippen MR) is 93.1 cm³/mol. The molecule has 1 aromatic carbocycles. The maximum Gasteiger partial charge on any atom is 0.333 e. The molecule has 1 fully saturated rings. The molecule has 0 bridgehead atoms. The largest absolute Gasteiger partial charge is 0.394 e. The molecule has 140 valence electrons. The highest BCUT2D eigenvalue weighted by Gasteiger charge is 2.43. The second kappa shape index (κ2) is 7.73. The first-order valence-electron chi connectivity index (χ1n) is 8.11.